The van der Waals surface area contributed by atoms with Crippen molar-refractivity contribution in [2.75, 3.05) is 19.8 Å². The van der Waals surface area contributed by atoms with Gasteiger partial charge in [-0.3, -0.25) is 9.48 Å². The van der Waals surface area contributed by atoms with Gasteiger partial charge in [-0.15, -0.1) is 0 Å². The van der Waals surface area contributed by atoms with Gasteiger partial charge < -0.3 is 14.2 Å². The van der Waals surface area contributed by atoms with E-state index in [-0.39, 0.29) is 12.4 Å². The summed E-state index contributed by atoms with van der Waals surface area (Å²) in [6.45, 7) is 4.37. The molecule has 0 N–H and O–H groups in total. The van der Waals surface area contributed by atoms with E-state index in [0.717, 1.165) is 17.0 Å². The lowest BCUT2D eigenvalue weighted by Gasteiger charge is -2.18. The predicted octanol–water partition coefficient (Wildman–Crippen LogP) is 2.25. The molecular formula is C19H20N2O5. The Morgan fingerprint density at radius 3 is 2.65 bits per heavy atom. The molecule has 0 unspecified atom stereocenters. The van der Waals surface area contributed by atoms with Crippen molar-refractivity contribution in [3.8, 4) is 11.5 Å². The first-order valence-corrected chi connectivity index (χ1v) is 8.23. The second-order valence-electron chi connectivity index (χ2n) is 5.93. The van der Waals surface area contributed by atoms with Crippen molar-refractivity contribution < 1.29 is 23.8 Å². The molecule has 0 spiro atoms. The van der Waals surface area contributed by atoms with Gasteiger partial charge in [0.05, 0.1) is 5.69 Å². The molecule has 0 bridgehead atoms. The lowest BCUT2D eigenvalue weighted by atomic mass is 10.1. The number of hydrogen-bond acceptors (Lipinski definition) is 6. The van der Waals surface area contributed by atoms with Crippen LogP contribution in [0.5, 0.6) is 11.5 Å². The predicted molar refractivity (Wildman–Crippen MR) is 94.4 cm³/mol. The summed E-state index contributed by atoms with van der Waals surface area (Å²) in [4.78, 5) is 24.1. The number of aromatic nitrogens is 2. The van der Waals surface area contributed by atoms with Crippen molar-refractivity contribution in [2.24, 2.45) is 7.05 Å². The van der Waals surface area contributed by atoms with E-state index in [2.05, 4.69) is 5.10 Å². The lowest BCUT2D eigenvalue weighted by Crippen LogP contribution is -2.17. The fourth-order valence-corrected chi connectivity index (χ4v) is 2.67. The second-order valence-corrected chi connectivity index (χ2v) is 5.93. The van der Waals surface area contributed by atoms with Gasteiger partial charge in [0.25, 0.3) is 0 Å². The molecule has 1 aromatic carbocycles. The van der Waals surface area contributed by atoms with Crippen LogP contribution in [0.15, 0.2) is 24.3 Å². The largest absolute Gasteiger partial charge is 0.486 e. The Morgan fingerprint density at radius 2 is 1.96 bits per heavy atom. The molecule has 3 rings (SSSR count). The summed E-state index contributed by atoms with van der Waals surface area (Å²) in [6.07, 6.45) is 2.95. The molecule has 0 saturated heterocycles. The van der Waals surface area contributed by atoms with Gasteiger partial charge in [0.2, 0.25) is 0 Å². The molecule has 0 amide bonds. The minimum absolute atomic E-state index is 0.308. The molecule has 0 radical (unpaired) electrons. The zero-order valence-corrected chi connectivity index (χ0v) is 14.9. The van der Waals surface area contributed by atoms with Gasteiger partial charge in [0.15, 0.2) is 23.9 Å². The number of carbonyl (C=O) groups is 2. The van der Waals surface area contributed by atoms with Crippen molar-refractivity contribution in [2.45, 2.75) is 13.8 Å². The van der Waals surface area contributed by atoms with E-state index in [4.69, 9.17) is 14.2 Å². The zero-order chi connectivity index (χ0) is 18.7. The van der Waals surface area contributed by atoms with Crippen molar-refractivity contribution in [3.05, 3.63) is 46.8 Å². The Bertz CT molecular complexity index is 882. The molecule has 0 atom stereocenters. The van der Waals surface area contributed by atoms with Crippen LogP contribution < -0.4 is 9.47 Å². The highest BCUT2D eigenvalue weighted by atomic mass is 16.6. The molecule has 136 valence electrons. The molecule has 2 heterocycles. The number of ether oxygens (including phenoxy) is 3. The number of nitrogens with zero attached hydrogens (tertiary/aromatic N) is 2. The number of benzene rings is 1. The number of esters is 1. The van der Waals surface area contributed by atoms with Gasteiger partial charge in [-0.1, -0.05) is 0 Å². The third-order valence-corrected chi connectivity index (χ3v) is 4.16. The van der Waals surface area contributed by atoms with Crippen LogP contribution in [0.25, 0.3) is 6.08 Å². The summed E-state index contributed by atoms with van der Waals surface area (Å²) in [5.74, 6) is 0.238. The monoisotopic (exact) mass is 356 g/mol. The van der Waals surface area contributed by atoms with Crippen LogP contribution in [0.4, 0.5) is 0 Å². The first kappa shape index (κ1) is 17.7. The highest BCUT2D eigenvalue weighted by molar-refractivity contribution is 5.99. The molecule has 0 aliphatic carbocycles. The van der Waals surface area contributed by atoms with Crippen LogP contribution >= 0.6 is 0 Å². The number of rotatable bonds is 5. The standard InChI is InChI=1S/C19H20N2O5/c1-12-15(13(2)21(3)20-12)5-7-19(23)26-11-16(22)14-4-6-17-18(10-14)25-9-8-24-17/h4-7,10H,8-9,11H2,1-3H3/b7-5+. The van der Waals surface area contributed by atoms with Crippen LogP contribution in [0, 0.1) is 13.8 Å². The van der Waals surface area contributed by atoms with Crippen molar-refractivity contribution in [3.63, 3.8) is 0 Å². The van der Waals surface area contributed by atoms with Crippen LogP contribution in [-0.2, 0) is 16.6 Å². The van der Waals surface area contributed by atoms with E-state index in [0.29, 0.717) is 30.3 Å². The fraction of sp³-hybridized carbons (Fsp3) is 0.316. The first-order valence-electron chi connectivity index (χ1n) is 8.23. The normalized spacial score (nSPS) is 13.0. The van der Waals surface area contributed by atoms with Crippen molar-refractivity contribution in [1.29, 1.82) is 0 Å². The summed E-state index contributed by atoms with van der Waals surface area (Å²) in [7, 11) is 1.84. The number of ketones is 1. The summed E-state index contributed by atoms with van der Waals surface area (Å²) in [5.41, 5.74) is 3.04. The molecule has 1 aromatic heterocycles. The maximum Gasteiger partial charge on any atom is 0.331 e. The Morgan fingerprint density at radius 1 is 1.23 bits per heavy atom. The van der Waals surface area contributed by atoms with E-state index in [1.54, 1.807) is 29.0 Å². The molecule has 2 aromatic rings. The quantitative estimate of drug-likeness (QED) is 0.464. The van der Waals surface area contributed by atoms with Gasteiger partial charge in [0, 0.05) is 29.9 Å². The van der Waals surface area contributed by atoms with E-state index >= 15 is 0 Å². The average molecular weight is 356 g/mol. The maximum absolute atomic E-state index is 12.2. The number of aryl methyl sites for hydroxylation is 2. The second kappa shape index (κ2) is 7.43. The number of hydrogen-bond donors (Lipinski definition) is 0. The van der Waals surface area contributed by atoms with E-state index in [9.17, 15) is 9.59 Å². The molecule has 0 fully saturated rings. The molecule has 7 nitrogen and oxygen atoms in total. The molecule has 26 heavy (non-hydrogen) atoms. The van der Waals surface area contributed by atoms with Gasteiger partial charge in [-0.2, -0.15) is 5.10 Å². The molecule has 1 aliphatic rings. The van der Waals surface area contributed by atoms with Crippen LogP contribution in [0.3, 0.4) is 0 Å². The topological polar surface area (TPSA) is 79.7 Å². The number of Topliss-reactive ketones (excluding diaryl/α,β-unsaturated/α-hetero) is 1. The van der Waals surface area contributed by atoms with Crippen LogP contribution in [-0.4, -0.2) is 41.4 Å². The molecular weight excluding hydrogens is 336 g/mol. The SMILES string of the molecule is Cc1nn(C)c(C)c1/C=C/C(=O)OCC(=O)c1ccc2c(c1)OCCO2. The zero-order valence-electron chi connectivity index (χ0n) is 14.9. The molecule has 0 saturated carbocycles. The summed E-state index contributed by atoms with van der Waals surface area (Å²) >= 11 is 0. The third kappa shape index (κ3) is 3.77. The first-order chi connectivity index (χ1) is 12.5. The smallest absolute Gasteiger partial charge is 0.331 e. The Labute approximate surface area is 151 Å². The molecule has 7 heteroatoms. The maximum atomic E-state index is 12.2. The van der Waals surface area contributed by atoms with Crippen molar-refractivity contribution >= 4 is 17.8 Å². The van der Waals surface area contributed by atoms with Gasteiger partial charge >= 0.3 is 5.97 Å². The van der Waals surface area contributed by atoms with Gasteiger partial charge in [-0.05, 0) is 38.1 Å². The Kier molecular flexibility index (Phi) is 5.06. The van der Waals surface area contributed by atoms with Crippen LogP contribution in [0.2, 0.25) is 0 Å². The summed E-state index contributed by atoms with van der Waals surface area (Å²) < 4.78 is 17.6. The minimum atomic E-state index is -0.585. The van der Waals surface area contributed by atoms with Crippen LogP contribution in [0.1, 0.15) is 27.3 Å². The lowest BCUT2D eigenvalue weighted by molar-refractivity contribution is -0.136. The molecule has 1 aliphatic heterocycles. The van der Waals surface area contributed by atoms with E-state index in [1.165, 1.54) is 6.08 Å². The fourth-order valence-electron chi connectivity index (χ4n) is 2.67. The van der Waals surface area contributed by atoms with E-state index in [1.807, 2.05) is 20.9 Å². The summed E-state index contributed by atoms with van der Waals surface area (Å²) in [5, 5.41) is 4.27. The average Bonchev–Trinajstić information content (AvgIpc) is 2.89. The van der Waals surface area contributed by atoms with Crippen molar-refractivity contribution in [1.82, 2.24) is 9.78 Å². The van der Waals surface area contributed by atoms with E-state index < -0.39 is 5.97 Å². The van der Waals surface area contributed by atoms with Gasteiger partial charge in [0.1, 0.15) is 13.2 Å². The number of carbonyl (C=O) groups excluding carboxylic acids is 2. The Hall–Kier alpha value is -3.09. The summed E-state index contributed by atoms with van der Waals surface area (Å²) in [6, 6.07) is 4.90. The Balaban J connectivity index is 1.59. The number of fused-ring (bicyclic) bond motifs is 1. The minimum Gasteiger partial charge on any atom is -0.486 e. The van der Waals surface area contributed by atoms with Gasteiger partial charge in [-0.25, -0.2) is 4.79 Å². The highest BCUT2D eigenvalue weighted by Gasteiger charge is 2.16. The highest BCUT2D eigenvalue weighted by Crippen LogP contribution is 2.30. The third-order valence-electron chi connectivity index (χ3n) is 4.16.